The summed E-state index contributed by atoms with van der Waals surface area (Å²) in [6.45, 7) is 3.01. The van der Waals surface area contributed by atoms with E-state index in [0.29, 0.717) is 24.5 Å². The summed E-state index contributed by atoms with van der Waals surface area (Å²) < 4.78 is 24.0. The summed E-state index contributed by atoms with van der Waals surface area (Å²) in [5.41, 5.74) is 1.59. The number of methoxy groups -OCH3 is 1. The van der Waals surface area contributed by atoms with E-state index < -0.39 is 0 Å². The second-order valence-corrected chi connectivity index (χ2v) is 4.12. The van der Waals surface area contributed by atoms with Crippen molar-refractivity contribution in [2.45, 2.75) is 13.3 Å². The van der Waals surface area contributed by atoms with E-state index >= 15 is 0 Å². The molecule has 4 heteroatoms. The van der Waals surface area contributed by atoms with Gasteiger partial charge in [0.25, 0.3) is 0 Å². The normalized spacial score (nSPS) is 10.8. The summed E-state index contributed by atoms with van der Waals surface area (Å²) >= 11 is 0. The second kappa shape index (κ2) is 5.78. The van der Waals surface area contributed by atoms with E-state index in [0.717, 1.165) is 17.5 Å². The lowest BCUT2D eigenvalue weighted by Gasteiger charge is -2.09. The minimum absolute atomic E-state index is 0.310. The van der Waals surface area contributed by atoms with E-state index in [1.165, 1.54) is 12.1 Å². The molecular formula is C14H16FNO2. The summed E-state index contributed by atoms with van der Waals surface area (Å²) in [6.07, 6.45) is 0.764. The molecule has 0 bridgehead atoms. The Kier molecular flexibility index (Phi) is 4.10. The number of hydrogen-bond donors (Lipinski definition) is 0. The number of benzene rings is 1. The van der Waals surface area contributed by atoms with Crippen LogP contribution < -0.4 is 4.74 Å². The number of rotatable bonds is 5. The van der Waals surface area contributed by atoms with Crippen LogP contribution in [-0.2, 0) is 4.74 Å². The van der Waals surface area contributed by atoms with Crippen molar-refractivity contribution in [2.75, 3.05) is 20.3 Å². The van der Waals surface area contributed by atoms with Gasteiger partial charge in [0.1, 0.15) is 17.1 Å². The van der Waals surface area contributed by atoms with Crippen LogP contribution in [0.2, 0.25) is 0 Å². The van der Waals surface area contributed by atoms with Crippen LogP contribution in [0.15, 0.2) is 24.3 Å². The fourth-order valence-corrected chi connectivity index (χ4v) is 1.76. The van der Waals surface area contributed by atoms with Gasteiger partial charge in [-0.3, -0.25) is 0 Å². The van der Waals surface area contributed by atoms with Crippen molar-refractivity contribution in [3.05, 3.63) is 35.8 Å². The van der Waals surface area contributed by atoms with Crippen LogP contribution in [0.3, 0.4) is 0 Å². The highest BCUT2D eigenvalue weighted by atomic mass is 19.1. The molecule has 0 saturated carbocycles. The van der Waals surface area contributed by atoms with Gasteiger partial charge in [0.05, 0.1) is 6.61 Å². The quantitative estimate of drug-likeness (QED) is 0.763. The molecular weight excluding hydrogens is 233 g/mol. The first-order valence-electron chi connectivity index (χ1n) is 5.89. The van der Waals surface area contributed by atoms with Gasteiger partial charge in [-0.05, 0) is 19.1 Å². The molecule has 0 atom stereocenters. The molecule has 18 heavy (non-hydrogen) atoms. The summed E-state index contributed by atoms with van der Waals surface area (Å²) in [5, 5.41) is 0.752. The standard InChI is InChI=1S/C14H16FNO2/c1-10-4-5-11-8-12(15)9-13(14(11)16-10)18-7-3-6-17-2/h4-5,8-9H,3,6-7H2,1-2H3. The van der Waals surface area contributed by atoms with E-state index in [2.05, 4.69) is 4.98 Å². The van der Waals surface area contributed by atoms with E-state index in [4.69, 9.17) is 9.47 Å². The predicted molar refractivity (Wildman–Crippen MR) is 68.4 cm³/mol. The molecule has 2 rings (SSSR count). The number of ether oxygens (including phenoxy) is 2. The Labute approximate surface area is 106 Å². The van der Waals surface area contributed by atoms with Crippen molar-refractivity contribution >= 4 is 10.9 Å². The van der Waals surface area contributed by atoms with Crippen LogP contribution in [-0.4, -0.2) is 25.3 Å². The maximum Gasteiger partial charge on any atom is 0.148 e. The van der Waals surface area contributed by atoms with Crippen LogP contribution >= 0.6 is 0 Å². The zero-order valence-corrected chi connectivity index (χ0v) is 10.6. The third-order valence-electron chi connectivity index (χ3n) is 2.61. The molecule has 3 nitrogen and oxygen atoms in total. The van der Waals surface area contributed by atoms with Gasteiger partial charge in [0, 0.05) is 37.3 Å². The van der Waals surface area contributed by atoms with Crippen molar-refractivity contribution in [3.63, 3.8) is 0 Å². The van der Waals surface area contributed by atoms with Gasteiger partial charge in [0.2, 0.25) is 0 Å². The molecule has 0 amide bonds. The number of nitrogens with zero attached hydrogens (tertiary/aromatic N) is 1. The van der Waals surface area contributed by atoms with E-state index in [-0.39, 0.29) is 5.82 Å². The minimum Gasteiger partial charge on any atom is -0.491 e. The SMILES string of the molecule is COCCCOc1cc(F)cc2ccc(C)nc12. The summed E-state index contributed by atoms with van der Waals surface area (Å²) in [4.78, 5) is 4.39. The molecule has 1 aromatic heterocycles. The molecule has 0 fully saturated rings. The van der Waals surface area contributed by atoms with Crippen molar-refractivity contribution < 1.29 is 13.9 Å². The summed E-state index contributed by atoms with van der Waals surface area (Å²) in [5.74, 6) is 0.180. The molecule has 96 valence electrons. The Morgan fingerprint density at radius 1 is 1.22 bits per heavy atom. The van der Waals surface area contributed by atoms with E-state index in [9.17, 15) is 4.39 Å². The molecule has 0 N–H and O–H groups in total. The van der Waals surface area contributed by atoms with Crippen molar-refractivity contribution in [1.29, 1.82) is 0 Å². The average Bonchev–Trinajstić information content (AvgIpc) is 2.35. The van der Waals surface area contributed by atoms with Gasteiger partial charge in [-0.1, -0.05) is 6.07 Å². The largest absolute Gasteiger partial charge is 0.491 e. The van der Waals surface area contributed by atoms with Crippen LogP contribution in [0, 0.1) is 12.7 Å². The van der Waals surface area contributed by atoms with Gasteiger partial charge in [-0.15, -0.1) is 0 Å². The molecule has 0 spiro atoms. The topological polar surface area (TPSA) is 31.4 Å². The zero-order chi connectivity index (χ0) is 13.0. The van der Waals surface area contributed by atoms with Gasteiger partial charge in [0.15, 0.2) is 0 Å². The number of halogens is 1. The Balaban J connectivity index is 2.27. The maximum absolute atomic E-state index is 13.4. The van der Waals surface area contributed by atoms with E-state index in [1.54, 1.807) is 7.11 Å². The first kappa shape index (κ1) is 12.8. The number of fused-ring (bicyclic) bond motifs is 1. The average molecular weight is 249 g/mol. The monoisotopic (exact) mass is 249 g/mol. The molecule has 0 aliphatic rings. The highest BCUT2D eigenvalue weighted by Crippen LogP contribution is 2.25. The van der Waals surface area contributed by atoms with Crippen LogP contribution in [0.4, 0.5) is 4.39 Å². The lowest BCUT2D eigenvalue weighted by atomic mass is 10.2. The van der Waals surface area contributed by atoms with Crippen LogP contribution in [0.25, 0.3) is 10.9 Å². The van der Waals surface area contributed by atoms with E-state index in [1.807, 2.05) is 19.1 Å². The number of hydrogen-bond acceptors (Lipinski definition) is 3. The summed E-state index contributed by atoms with van der Waals surface area (Å²) in [7, 11) is 1.64. The second-order valence-electron chi connectivity index (χ2n) is 4.12. The van der Waals surface area contributed by atoms with Crippen molar-refractivity contribution in [1.82, 2.24) is 4.98 Å². The Morgan fingerprint density at radius 3 is 2.83 bits per heavy atom. The smallest absolute Gasteiger partial charge is 0.148 e. The predicted octanol–water partition coefficient (Wildman–Crippen LogP) is 3.10. The minimum atomic E-state index is -0.310. The molecule has 2 aromatic rings. The van der Waals surface area contributed by atoms with Gasteiger partial charge >= 0.3 is 0 Å². The Morgan fingerprint density at radius 2 is 2.06 bits per heavy atom. The van der Waals surface area contributed by atoms with Crippen LogP contribution in [0.1, 0.15) is 12.1 Å². The lowest BCUT2D eigenvalue weighted by Crippen LogP contribution is -2.02. The molecule has 0 aliphatic heterocycles. The third kappa shape index (κ3) is 2.96. The maximum atomic E-state index is 13.4. The Bertz CT molecular complexity index is 543. The number of aromatic nitrogens is 1. The molecule has 0 unspecified atom stereocenters. The zero-order valence-electron chi connectivity index (χ0n) is 10.6. The van der Waals surface area contributed by atoms with Gasteiger partial charge in [-0.25, -0.2) is 9.37 Å². The summed E-state index contributed by atoms with van der Waals surface area (Å²) in [6, 6.07) is 6.55. The molecule has 0 saturated heterocycles. The molecule has 1 heterocycles. The van der Waals surface area contributed by atoms with Gasteiger partial charge in [-0.2, -0.15) is 0 Å². The third-order valence-corrected chi connectivity index (χ3v) is 2.61. The highest BCUT2D eigenvalue weighted by molar-refractivity contribution is 5.84. The molecule has 0 radical (unpaired) electrons. The lowest BCUT2D eigenvalue weighted by molar-refractivity contribution is 0.172. The van der Waals surface area contributed by atoms with Gasteiger partial charge < -0.3 is 9.47 Å². The molecule has 0 aliphatic carbocycles. The molecule has 1 aromatic carbocycles. The van der Waals surface area contributed by atoms with Crippen molar-refractivity contribution in [2.24, 2.45) is 0 Å². The number of aryl methyl sites for hydroxylation is 1. The fraction of sp³-hybridized carbons (Fsp3) is 0.357. The first-order valence-corrected chi connectivity index (χ1v) is 5.89. The number of pyridine rings is 1. The van der Waals surface area contributed by atoms with Crippen LogP contribution in [0.5, 0.6) is 5.75 Å². The first-order chi connectivity index (χ1) is 8.70. The van der Waals surface area contributed by atoms with Crippen molar-refractivity contribution in [3.8, 4) is 5.75 Å². The Hall–Kier alpha value is -1.68. The fourth-order valence-electron chi connectivity index (χ4n) is 1.76. The highest BCUT2D eigenvalue weighted by Gasteiger charge is 2.07.